The summed E-state index contributed by atoms with van der Waals surface area (Å²) < 4.78 is 0. The number of rotatable bonds is 6. The third kappa shape index (κ3) is 3.53. The minimum absolute atomic E-state index is 0.0606. The second-order valence-electron chi connectivity index (χ2n) is 6.40. The van der Waals surface area contributed by atoms with Gasteiger partial charge in [0.1, 0.15) is 11.0 Å². The van der Waals surface area contributed by atoms with Crippen LogP contribution in [0, 0.1) is 0 Å². The maximum absolute atomic E-state index is 3.40. The maximum atomic E-state index is 3.40. The molecule has 0 spiro atoms. The second-order valence-corrected chi connectivity index (χ2v) is 8.64. The van der Waals surface area contributed by atoms with Crippen molar-refractivity contribution in [3.8, 4) is 0 Å². The van der Waals surface area contributed by atoms with Crippen molar-refractivity contribution in [2.45, 2.75) is 33.9 Å². The lowest BCUT2D eigenvalue weighted by Crippen LogP contribution is -2.59. The van der Waals surface area contributed by atoms with Gasteiger partial charge in [0.2, 0.25) is 0 Å². The summed E-state index contributed by atoms with van der Waals surface area (Å²) in [5.41, 5.74) is 16.3. The lowest BCUT2D eigenvalue weighted by molar-refractivity contribution is 0.337. The van der Waals surface area contributed by atoms with Crippen molar-refractivity contribution in [2.75, 3.05) is 23.9 Å². The molecule has 0 bridgehead atoms. The largest absolute Gasteiger partial charge is 0.348 e. The number of hydrazine groups is 2. The molecule has 138 valence electrons. The van der Waals surface area contributed by atoms with Crippen LogP contribution in [0.25, 0.3) is 0 Å². The van der Waals surface area contributed by atoms with Gasteiger partial charge in [-0.1, -0.05) is 47.8 Å². The van der Waals surface area contributed by atoms with Crippen LogP contribution in [-0.2, 0) is 0 Å². The molecule has 2 aromatic rings. The molecule has 0 saturated heterocycles. The van der Waals surface area contributed by atoms with Gasteiger partial charge in [0, 0.05) is 23.9 Å². The molecule has 2 aromatic carbocycles. The monoisotopic (exact) mass is 388 g/mol. The number of nitrogens with zero attached hydrogens (tertiary/aromatic N) is 2. The molecule has 2 heterocycles. The van der Waals surface area contributed by atoms with Gasteiger partial charge in [-0.3, -0.25) is 0 Å². The molecule has 4 N–H and O–H groups in total. The fraction of sp³-hybridized carbons (Fsp3) is 0.333. The van der Waals surface area contributed by atoms with Gasteiger partial charge in [-0.2, -0.15) is 0 Å². The summed E-state index contributed by atoms with van der Waals surface area (Å²) in [6.45, 7) is 2.08. The van der Waals surface area contributed by atoms with Crippen LogP contribution in [0.1, 0.15) is 6.92 Å². The number of nitrogens with one attached hydrogen (secondary N) is 4. The van der Waals surface area contributed by atoms with E-state index in [0.29, 0.717) is 0 Å². The van der Waals surface area contributed by atoms with E-state index in [1.54, 1.807) is 0 Å². The van der Waals surface area contributed by atoms with Gasteiger partial charge in [-0.05, 0) is 31.2 Å². The predicted molar refractivity (Wildman–Crippen MR) is 111 cm³/mol. The van der Waals surface area contributed by atoms with Gasteiger partial charge < -0.3 is 9.80 Å². The highest BCUT2D eigenvalue weighted by Gasteiger charge is 2.28. The average Bonchev–Trinajstić information content (AvgIpc) is 3.16. The molecule has 0 fully saturated rings. The first-order valence-corrected chi connectivity index (χ1v) is 10.4. The zero-order valence-corrected chi connectivity index (χ0v) is 16.7. The molecular formula is C18H24N6S2. The van der Waals surface area contributed by atoms with Crippen LogP contribution in [0.15, 0.2) is 58.3 Å². The lowest BCUT2D eigenvalue weighted by atomic mass is 10.3. The Bertz CT molecular complexity index is 709. The molecule has 0 saturated carbocycles. The molecule has 2 aliphatic heterocycles. The van der Waals surface area contributed by atoms with Crippen molar-refractivity contribution in [1.29, 1.82) is 0 Å². The minimum Gasteiger partial charge on any atom is -0.348 e. The molecule has 0 aliphatic carbocycles. The Labute approximate surface area is 163 Å². The number of para-hydroxylation sites is 2. The van der Waals surface area contributed by atoms with Crippen LogP contribution < -0.4 is 31.5 Å². The number of anilines is 2. The van der Waals surface area contributed by atoms with E-state index < -0.39 is 0 Å². The Morgan fingerprint density at radius 2 is 1.19 bits per heavy atom. The van der Waals surface area contributed by atoms with Crippen molar-refractivity contribution >= 4 is 34.9 Å². The van der Waals surface area contributed by atoms with Crippen LogP contribution in [0.2, 0.25) is 0 Å². The Balaban J connectivity index is 1.24. The number of benzene rings is 2. The first-order chi connectivity index (χ1) is 12.6. The van der Waals surface area contributed by atoms with Gasteiger partial charge in [0.25, 0.3) is 0 Å². The normalized spacial score (nSPS) is 22.4. The maximum Gasteiger partial charge on any atom is 0.145 e. The van der Waals surface area contributed by atoms with E-state index in [-0.39, 0.29) is 17.2 Å². The van der Waals surface area contributed by atoms with E-state index >= 15 is 0 Å². The van der Waals surface area contributed by atoms with E-state index in [2.05, 4.69) is 101 Å². The summed E-state index contributed by atoms with van der Waals surface area (Å²) in [6, 6.07) is 16.9. The third-order valence-electron chi connectivity index (χ3n) is 4.52. The number of fused-ring (bicyclic) bond motifs is 2. The van der Waals surface area contributed by atoms with Gasteiger partial charge in [-0.25, -0.2) is 21.7 Å². The van der Waals surface area contributed by atoms with Gasteiger partial charge in [0.05, 0.1) is 17.5 Å². The van der Waals surface area contributed by atoms with E-state index in [1.165, 1.54) is 21.2 Å². The van der Waals surface area contributed by atoms with Crippen molar-refractivity contribution in [1.82, 2.24) is 21.7 Å². The van der Waals surface area contributed by atoms with E-state index in [4.69, 9.17) is 0 Å². The smallest absolute Gasteiger partial charge is 0.145 e. The Morgan fingerprint density at radius 1 is 0.769 bits per heavy atom. The fourth-order valence-electron chi connectivity index (χ4n) is 3.03. The van der Waals surface area contributed by atoms with Crippen LogP contribution in [0.4, 0.5) is 11.4 Å². The number of thioether (sulfide) groups is 2. The highest BCUT2D eigenvalue weighted by molar-refractivity contribution is 8.00. The highest BCUT2D eigenvalue weighted by Crippen LogP contribution is 2.41. The summed E-state index contributed by atoms with van der Waals surface area (Å²) in [6.07, 6.45) is 0.0606. The Hall–Kier alpha value is -1.42. The Morgan fingerprint density at radius 3 is 1.62 bits per heavy atom. The molecular weight excluding hydrogens is 364 g/mol. The van der Waals surface area contributed by atoms with E-state index in [1.807, 2.05) is 23.5 Å². The molecule has 2 atom stereocenters. The first-order valence-electron chi connectivity index (χ1n) is 8.62. The predicted octanol–water partition coefficient (Wildman–Crippen LogP) is 2.57. The van der Waals surface area contributed by atoms with Gasteiger partial charge >= 0.3 is 0 Å². The quantitative estimate of drug-likeness (QED) is 0.445. The van der Waals surface area contributed by atoms with Crippen molar-refractivity contribution < 1.29 is 0 Å². The summed E-state index contributed by atoms with van der Waals surface area (Å²) in [5.74, 6) is 0. The SMILES string of the molecule is CC(NNC1Sc2ccccc2N1C)NNC1Sc2ccccc2N1C. The highest BCUT2D eigenvalue weighted by atomic mass is 32.2. The van der Waals surface area contributed by atoms with Crippen LogP contribution in [0.5, 0.6) is 0 Å². The second kappa shape index (κ2) is 7.67. The number of hydrogen-bond acceptors (Lipinski definition) is 8. The van der Waals surface area contributed by atoms with Gasteiger partial charge in [-0.15, -0.1) is 0 Å². The van der Waals surface area contributed by atoms with Crippen LogP contribution in [0.3, 0.4) is 0 Å². The molecule has 26 heavy (non-hydrogen) atoms. The third-order valence-corrected chi connectivity index (χ3v) is 7.03. The lowest BCUT2D eigenvalue weighted by Gasteiger charge is -2.28. The van der Waals surface area contributed by atoms with Crippen molar-refractivity contribution in [2.24, 2.45) is 0 Å². The first kappa shape index (κ1) is 18.0. The zero-order chi connectivity index (χ0) is 18.1. The molecule has 4 rings (SSSR count). The topological polar surface area (TPSA) is 54.6 Å². The van der Waals surface area contributed by atoms with Crippen LogP contribution in [-0.4, -0.2) is 31.3 Å². The summed E-state index contributed by atoms with van der Waals surface area (Å²) >= 11 is 3.63. The summed E-state index contributed by atoms with van der Waals surface area (Å²) in [4.78, 5) is 7.08. The molecule has 0 radical (unpaired) electrons. The molecule has 2 aliphatic rings. The summed E-state index contributed by atoms with van der Waals surface area (Å²) in [5, 5.41) is 0. The molecule has 6 nitrogen and oxygen atoms in total. The van der Waals surface area contributed by atoms with E-state index in [0.717, 1.165) is 0 Å². The van der Waals surface area contributed by atoms with Crippen LogP contribution >= 0.6 is 23.5 Å². The Kier molecular flexibility index (Phi) is 5.30. The van der Waals surface area contributed by atoms with Gasteiger partial charge in [0.15, 0.2) is 0 Å². The molecule has 0 aromatic heterocycles. The minimum atomic E-state index is 0.0606. The standard InChI is InChI=1S/C18H24N6S2/c1-12(19-21-17-23(2)13-8-4-6-10-15(13)25-17)20-22-18-24(3)14-9-5-7-11-16(14)26-18/h4-12,17-22H,1-3H3. The molecule has 0 amide bonds. The average molecular weight is 389 g/mol. The van der Waals surface area contributed by atoms with Crippen molar-refractivity contribution in [3.63, 3.8) is 0 Å². The van der Waals surface area contributed by atoms with E-state index in [9.17, 15) is 0 Å². The zero-order valence-electron chi connectivity index (χ0n) is 15.1. The number of hydrogen-bond donors (Lipinski definition) is 4. The molecule has 8 heteroatoms. The molecule has 2 unspecified atom stereocenters. The summed E-state index contributed by atoms with van der Waals surface area (Å²) in [7, 11) is 4.21. The fourth-order valence-corrected chi connectivity index (χ4v) is 5.29. The van der Waals surface area contributed by atoms with Crippen molar-refractivity contribution in [3.05, 3.63) is 48.5 Å².